The predicted octanol–water partition coefficient (Wildman–Crippen LogP) is -0.716. The van der Waals surface area contributed by atoms with Gasteiger partial charge in [0.05, 0.1) is 7.11 Å². The molecule has 0 aliphatic carbocycles. The van der Waals surface area contributed by atoms with Gasteiger partial charge in [-0.2, -0.15) is 4.57 Å². The van der Waals surface area contributed by atoms with E-state index in [1.54, 1.807) is 48.3 Å². The fraction of sp³-hybridized carbons (Fsp3) is 0.167. The molecule has 3 rings (SSSR count). The Kier molecular flexibility index (Phi) is 5.51. The van der Waals surface area contributed by atoms with E-state index in [1.165, 1.54) is 0 Å². The molecule has 0 aliphatic rings. The number of aryl methyl sites for hydroxylation is 1. The van der Waals surface area contributed by atoms with Gasteiger partial charge in [0.15, 0.2) is 12.4 Å². The number of methoxy groups -OCH3 is 1. The summed E-state index contributed by atoms with van der Waals surface area (Å²) in [5, 5.41) is 0.654. The molecule has 1 aromatic carbocycles. The fourth-order valence-corrected chi connectivity index (χ4v) is 2.31. The van der Waals surface area contributed by atoms with Gasteiger partial charge in [0.2, 0.25) is 12.3 Å². The second-order valence-electron chi connectivity index (χ2n) is 5.32. The van der Waals surface area contributed by atoms with Crippen molar-refractivity contribution in [3.63, 3.8) is 0 Å². The van der Waals surface area contributed by atoms with Gasteiger partial charge in [-0.25, -0.2) is 4.79 Å². The van der Waals surface area contributed by atoms with Crippen molar-refractivity contribution in [2.75, 3.05) is 7.11 Å². The van der Waals surface area contributed by atoms with Crippen LogP contribution in [0.2, 0.25) is 0 Å². The molecule has 0 atom stereocenters. The van der Waals surface area contributed by atoms with Gasteiger partial charge in [-0.3, -0.25) is 4.79 Å². The van der Waals surface area contributed by atoms with Crippen LogP contribution in [0.15, 0.2) is 58.0 Å². The molecule has 0 bridgehead atoms. The molecular weight excluding hydrogens is 374 g/mol. The van der Waals surface area contributed by atoms with E-state index in [-0.39, 0.29) is 34.9 Å². The van der Waals surface area contributed by atoms with Crippen LogP contribution in [0, 0.1) is 6.92 Å². The summed E-state index contributed by atoms with van der Waals surface area (Å²) in [4.78, 5) is 24.5. The molecule has 24 heavy (non-hydrogen) atoms. The van der Waals surface area contributed by atoms with Crippen molar-refractivity contribution in [3.8, 4) is 5.75 Å². The molecule has 2 heterocycles. The predicted molar refractivity (Wildman–Crippen MR) is 84.7 cm³/mol. The number of hydrogen-bond donors (Lipinski definition) is 0. The molecule has 0 radical (unpaired) electrons. The van der Waals surface area contributed by atoms with Crippen molar-refractivity contribution in [2.24, 2.45) is 0 Å². The number of fused-ring (bicyclic) bond motifs is 1. The van der Waals surface area contributed by atoms with Gasteiger partial charge in [0.25, 0.3) is 0 Å². The Hall–Kier alpha value is -2.47. The van der Waals surface area contributed by atoms with E-state index in [1.807, 2.05) is 19.1 Å². The number of carbonyl (C=O) groups excluding carboxylic acids is 1. The Labute approximate surface area is 149 Å². The van der Waals surface area contributed by atoms with Crippen molar-refractivity contribution in [2.45, 2.75) is 13.5 Å². The third-order valence-electron chi connectivity index (χ3n) is 3.62. The first kappa shape index (κ1) is 17.9. The zero-order chi connectivity index (χ0) is 16.4. The minimum Gasteiger partial charge on any atom is -1.00 e. The highest BCUT2D eigenvalue weighted by Gasteiger charge is 2.18. The van der Waals surface area contributed by atoms with Gasteiger partial charge < -0.3 is 26.1 Å². The quantitative estimate of drug-likeness (QED) is 0.336. The molecule has 0 saturated carbocycles. The van der Waals surface area contributed by atoms with Crippen LogP contribution in [0.1, 0.15) is 15.9 Å². The number of carbonyl (C=O) groups is 1. The van der Waals surface area contributed by atoms with Gasteiger partial charge in [-0.1, -0.05) is 0 Å². The first-order chi connectivity index (χ1) is 11.1. The minimum atomic E-state index is -0.625. The van der Waals surface area contributed by atoms with E-state index in [2.05, 4.69) is 0 Å². The van der Waals surface area contributed by atoms with E-state index >= 15 is 0 Å². The third kappa shape index (κ3) is 3.71. The van der Waals surface area contributed by atoms with Gasteiger partial charge in [-0.05, 0) is 36.8 Å². The average Bonchev–Trinajstić information content (AvgIpc) is 2.55. The highest BCUT2D eigenvalue weighted by Crippen LogP contribution is 2.20. The fourth-order valence-electron chi connectivity index (χ4n) is 2.31. The average molecular weight is 390 g/mol. The standard InChI is InChI=1S/C18H16NO4.BrH/c1-12-5-7-19(8-6-12)11-16(20)15-10-13-9-14(22-2)3-4-17(13)23-18(15)21;/h3-10H,11H2,1-2H3;1H/q+1;/p-1. The lowest BCUT2D eigenvalue weighted by atomic mass is 10.1. The molecule has 0 N–H and O–H groups in total. The van der Waals surface area contributed by atoms with Crippen LogP contribution in [0.5, 0.6) is 5.75 Å². The summed E-state index contributed by atoms with van der Waals surface area (Å²) in [6.07, 6.45) is 3.61. The number of rotatable bonds is 4. The van der Waals surface area contributed by atoms with Crippen molar-refractivity contribution in [1.82, 2.24) is 0 Å². The summed E-state index contributed by atoms with van der Waals surface area (Å²) in [5.41, 5.74) is 0.945. The van der Waals surface area contributed by atoms with Crippen molar-refractivity contribution in [1.29, 1.82) is 0 Å². The molecule has 0 fully saturated rings. The molecular formula is C18H16BrNO4. The normalized spacial score (nSPS) is 10.2. The number of ketones is 1. The van der Waals surface area contributed by atoms with E-state index < -0.39 is 5.63 Å². The second-order valence-corrected chi connectivity index (χ2v) is 5.32. The van der Waals surface area contributed by atoms with Crippen LogP contribution in [-0.2, 0) is 6.54 Å². The first-order valence-corrected chi connectivity index (χ1v) is 7.17. The first-order valence-electron chi connectivity index (χ1n) is 7.17. The van der Waals surface area contributed by atoms with Crippen molar-refractivity contribution >= 4 is 16.8 Å². The van der Waals surface area contributed by atoms with Crippen LogP contribution in [-0.4, -0.2) is 12.9 Å². The van der Waals surface area contributed by atoms with Crippen LogP contribution >= 0.6 is 0 Å². The number of halogens is 1. The van der Waals surface area contributed by atoms with E-state index in [4.69, 9.17) is 9.15 Å². The summed E-state index contributed by atoms with van der Waals surface area (Å²) in [7, 11) is 1.56. The molecule has 0 spiro atoms. The van der Waals surface area contributed by atoms with E-state index in [0.717, 1.165) is 5.56 Å². The second kappa shape index (κ2) is 7.40. The molecule has 5 nitrogen and oxygen atoms in total. The minimum absolute atomic E-state index is 0. The lowest BCUT2D eigenvalue weighted by Gasteiger charge is -2.03. The summed E-state index contributed by atoms with van der Waals surface area (Å²) in [6.45, 7) is 2.05. The number of pyridine rings is 1. The highest BCUT2D eigenvalue weighted by atomic mass is 79.9. The number of Topliss-reactive ketones (excluding diaryl/α,β-unsaturated/α-hetero) is 1. The SMILES string of the molecule is COc1ccc2oc(=O)c(C(=O)C[n+]3ccc(C)cc3)cc2c1.[Br-]. The molecule has 124 valence electrons. The summed E-state index contributed by atoms with van der Waals surface area (Å²) >= 11 is 0. The zero-order valence-corrected chi connectivity index (χ0v) is 14.9. The molecule has 2 aromatic heterocycles. The summed E-state index contributed by atoms with van der Waals surface area (Å²) < 4.78 is 12.1. The Morgan fingerprint density at radius 3 is 2.54 bits per heavy atom. The van der Waals surface area contributed by atoms with E-state index in [9.17, 15) is 9.59 Å². The van der Waals surface area contributed by atoms with Crippen molar-refractivity contribution < 1.29 is 35.5 Å². The maximum Gasteiger partial charge on any atom is 0.347 e. The number of aromatic nitrogens is 1. The lowest BCUT2D eigenvalue weighted by Crippen LogP contribution is -3.00. The monoisotopic (exact) mass is 389 g/mol. The number of nitrogens with zero attached hydrogens (tertiary/aromatic N) is 1. The van der Waals surface area contributed by atoms with E-state index in [0.29, 0.717) is 16.7 Å². The van der Waals surface area contributed by atoms with Crippen LogP contribution in [0.4, 0.5) is 0 Å². The lowest BCUT2D eigenvalue weighted by molar-refractivity contribution is -0.683. The molecule has 0 saturated heterocycles. The maximum atomic E-state index is 12.4. The molecule has 6 heteroatoms. The molecule has 0 amide bonds. The molecule has 0 aliphatic heterocycles. The Morgan fingerprint density at radius 2 is 1.88 bits per heavy atom. The van der Waals surface area contributed by atoms with Crippen LogP contribution in [0.25, 0.3) is 11.0 Å². The van der Waals surface area contributed by atoms with Gasteiger partial charge in [0, 0.05) is 17.5 Å². The Bertz CT molecular complexity index is 932. The van der Waals surface area contributed by atoms with Gasteiger partial charge >= 0.3 is 5.63 Å². The smallest absolute Gasteiger partial charge is 0.347 e. The third-order valence-corrected chi connectivity index (χ3v) is 3.62. The Balaban J connectivity index is 0.00000208. The number of benzene rings is 1. The topological polar surface area (TPSA) is 60.4 Å². The Morgan fingerprint density at radius 1 is 1.17 bits per heavy atom. The van der Waals surface area contributed by atoms with Gasteiger partial charge in [0.1, 0.15) is 16.9 Å². The maximum absolute atomic E-state index is 12.4. The van der Waals surface area contributed by atoms with Crippen LogP contribution < -0.4 is 31.9 Å². The summed E-state index contributed by atoms with van der Waals surface area (Å²) in [5.74, 6) is 0.343. The van der Waals surface area contributed by atoms with Gasteiger partial charge in [-0.15, -0.1) is 0 Å². The highest BCUT2D eigenvalue weighted by molar-refractivity contribution is 5.97. The number of hydrogen-bond acceptors (Lipinski definition) is 4. The van der Waals surface area contributed by atoms with Crippen molar-refractivity contribution in [3.05, 3.63) is 70.3 Å². The largest absolute Gasteiger partial charge is 1.00 e. The molecule has 0 unspecified atom stereocenters. The molecule has 3 aromatic rings. The van der Waals surface area contributed by atoms with Crippen LogP contribution in [0.3, 0.4) is 0 Å². The summed E-state index contributed by atoms with van der Waals surface area (Å²) in [6, 6.07) is 10.4. The number of ether oxygens (including phenoxy) is 1. The zero-order valence-electron chi connectivity index (χ0n) is 13.3.